The van der Waals surface area contributed by atoms with Gasteiger partial charge in [0.25, 0.3) is 0 Å². The van der Waals surface area contributed by atoms with Gasteiger partial charge in [-0.2, -0.15) is 0 Å². The van der Waals surface area contributed by atoms with E-state index in [1.54, 1.807) is 13.0 Å². The number of hydrogen-bond acceptors (Lipinski definition) is 8. The van der Waals surface area contributed by atoms with Crippen molar-refractivity contribution in [3.05, 3.63) is 88.5 Å². The number of ketones is 2. The minimum Gasteiger partial charge on any atom is -0.491 e. The van der Waals surface area contributed by atoms with Gasteiger partial charge in [0.05, 0.1) is 37.3 Å². The number of anilines is 2. The molecular formula is C35H34N2O7. The summed E-state index contributed by atoms with van der Waals surface area (Å²) in [5, 5.41) is 9.44. The van der Waals surface area contributed by atoms with Gasteiger partial charge in [0.1, 0.15) is 12.4 Å². The van der Waals surface area contributed by atoms with Crippen molar-refractivity contribution in [2.45, 2.75) is 25.7 Å². The molecule has 9 heteroatoms. The largest absolute Gasteiger partial charge is 0.491 e. The van der Waals surface area contributed by atoms with E-state index in [1.165, 1.54) is 11.0 Å². The number of carbonyl (C=O) groups excluding carboxylic acids is 4. The van der Waals surface area contributed by atoms with Crippen molar-refractivity contribution < 1.29 is 33.8 Å². The van der Waals surface area contributed by atoms with E-state index in [0.29, 0.717) is 53.4 Å². The maximum atomic E-state index is 14.2. The van der Waals surface area contributed by atoms with Crippen LogP contribution in [0.4, 0.5) is 11.4 Å². The Bertz CT molecular complexity index is 1650. The number of allylic oxidation sites excluding steroid dienone is 6. The molecule has 2 aliphatic heterocycles. The topological polar surface area (TPSA) is 113 Å². The molecule has 0 aromatic heterocycles. The number of imide groups is 1. The molecule has 2 saturated heterocycles. The molecule has 2 aromatic rings. The monoisotopic (exact) mass is 594 g/mol. The number of morpholine rings is 1. The summed E-state index contributed by atoms with van der Waals surface area (Å²) < 4.78 is 11.3. The van der Waals surface area contributed by atoms with Crippen molar-refractivity contribution in [3.63, 3.8) is 0 Å². The van der Waals surface area contributed by atoms with Crippen LogP contribution in [0.2, 0.25) is 0 Å². The number of fused-ring (bicyclic) bond motifs is 3. The molecule has 1 N–H and O–H groups in total. The molecule has 2 heterocycles. The first-order valence-electron chi connectivity index (χ1n) is 15.2. The molecule has 9 nitrogen and oxygen atoms in total. The Morgan fingerprint density at radius 3 is 2.41 bits per heavy atom. The molecule has 3 aliphatic carbocycles. The number of aliphatic hydroxyl groups is 1. The highest BCUT2D eigenvalue weighted by molar-refractivity contribution is 6.25. The van der Waals surface area contributed by atoms with Crippen LogP contribution in [-0.2, 0) is 23.9 Å². The highest BCUT2D eigenvalue weighted by atomic mass is 16.5. The lowest BCUT2D eigenvalue weighted by atomic mass is 9.59. The second-order valence-electron chi connectivity index (χ2n) is 12.0. The van der Waals surface area contributed by atoms with Crippen molar-refractivity contribution in [1.82, 2.24) is 0 Å². The minimum absolute atomic E-state index is 0.0703. The van der Waals surface area contributed by atoms with Gasteiger partial charge in [-0.1, -0.05) is 29.8 Å². The lowest BCUT2D eigenvalue weighted by Crippen LogP contribution is -2.40. The first kappa shape index (κ1) is 28.4. The summed E-state index contributed by atoms with van der Waals surface area (Å²) in [5.41, 5.74) is 4.31. The first-order chi connectivity index (χ1) is 21.4. The summed E-state index contributed by atoms with van der Waals surface area (Å²) >= 11 is 0. The van der Waals surface area contributed by atoms with E-state index in [9.17, 15) is 24.3 Å². The van der Waals surface area contributed by atoms with Crippen molar-refractivity contribution in [1.29, 1.82) is 0 Å². The van der Waals surface area contributed by atoms with Crippen LogP contribution in [0.5, 0.6) is 5.75 Å². The maximum absolute atomic E-state index is 14.2. The summed E-state index contributed by atoms with van der Waals surface area (Å²) in [6.07, 6.45) is 3.96. The molecule has 0 bridgehead atoms. The Morgan fingerprint density at radius 2 is 1.66 bits per heavy atom. The van der Waals surface area contributed by atoms with Crippen molar-refractivity contribution in [2.75, 3.05) is 49.3 Å². The molecule has 0 radical (unpaired) electrons. The standard InChI is InChI=1S/C35H34N2O7/c1-20-18-28(39)27-19-26-23(30(32(27)33(20)40)24-4-2-3-5-29(24)44-17-14-38)10-11-25-31(26)35(42)37(34(25)41)22-8-6-21(7-9-22)36-12-15-43-16-13-36/h2-10,18,25-26,30-31,38H,11-17,19H2,1H3. The average Bonchev–Trinajstić information content (AvgIpc) is 3.31. The molecular weight excluding hydrogens is 560 g/mol. The summed E-state index contributed by atoms with van der Waals surface area (Å²) in [6.45, 7) is 4.42. The van der Waals surface area contributed by atoms with Gasteiger partial charge in [-0.3, -0.25) is 24.1 Å². The van der Waals surface area contributed by atoms with Gasteiger partial charge in [0.15, 0.2) is 11.6 Å². The molecule has 2 aromatic carbocycles. The van der Waals surface area contributed by atoms with Crippen LogP contribution in [0.25, 0.3) is 0 Å². The normalized spacial score (nSPS) is 26.7. The third-order valence-electron chi connectivity index (χ3n) is 9.63. The van der Waals surface area contributed by atoms with E-state index in [0.717, 1.165) is 24.4 Å². The smallest absolute Gasteiger partial charge is 0.238 e. The number of benzene rings is 2. The Kier molecular flexibility index (Phi) is 7.30. The quantitative estimate of drug-likeness (QED) is 0.307. The Morgan fingerprint density at radius 1 is 0.932 bits per heavy atom. The number of para-hydroxylation sites is 1. The molecule has 2 amide bonds. The zero-order valence-electron chi connectivity index (χ0n) is 24.5. The number of hydrogen-bond donors (Lipinski definition) is 1. The number of carbonyl (C=O) groups is 4. The molecule has 2 fully saturated rings. The maximum Gasteiger partial charge on any atom is 0.238 e. The molecule has 4 atom stereocenters. The lowest BCUT2D eigenvalue weighted by Gasteiger charge is -2.42. The van der Waals surface area contributed by atoms with E-state index in [1.807, 2.05) is 48.5 Å². The third-order valence-corrected chi connectivity index (χ3v) is 9.63. The molecule has 44 heavy (non-hydrogen) atoms. The molecule has 0 saturated carbocycles. The second kappa shape index (κ2) is 11.3. The van der Waals surface area contributed by atoms with Crippen LogP contribution in [0, 0.1) is 17.8 Å². The fourth-order valence-electron chi connectivity index (χ4n) is 7.61. The van der Waals surface area contributed by atoms with Gasteiger partial charge >= 0.3 is 0 Å². The summed E-state index contributed by atoms with van der Waals surface area (Å²) in [5.74, 6) is -2.68. The molecule has 226 valence electrons. The Balaban J connectivity index is 1.27. The van der Waals surface area contributed by atoms with E-state index in [2.05, 4.69) is 4.90 Å². The van der Waals surface area contributed by atoms with Gasteiger partial charge in [0, 0.05) is 47.0 Å². The van der Waals surface area contributed by atoms with Crippen LogP contribution in [0.3, 0.4) is 0 Å². The molecule has 0 spiro atoms. The number of nitrogens with zero attached hydrogens (tertiary/aromatic N) is 2. The van der Waals surface area contributed by atoms with Gasteiger partial charge in [-0.05, 0) is 62.1 Å². The number of Topliss-reactive ketones (excluding diaryl/α,β-unsaturated/α-hetero) is 1. The SMILES string of the molecule is CC1=CC(=O)C2=C(C1=O)C(c1ccccc1OCCO)C1=CCC3C(=O)N(c4ccc(N5CCOCC5)cc4)C(=O)C3C1C2. The number of ether oxygens (including phenoxy) is 2. The zero-order chi connectivity index (χ0) is 30.5. The number of aliphatic hydroxyl groups excluding tert-OH is 1. The molecule has 5 aliphatic rings. The van der Waals surface area contributed by atoms with Crippen LogP contribution in [0.1, 0.15) is 31.2 Å². The van der Waals surface area contributed by atoms with E-state index in [-0.39, 0.29) is 43.0 Å². The van der Waals surface area contributed by atoms with Crippen molar-refractivity contribution in [3.8, 4) is 5.75 Å². The van der Waals surface area contributed by atoms with Crippen LogP contribution >= 0.6 is 0 Å². The predicted octanol–water partition coefficient (Wildman–Crippen LogP) is 3.53. The zero-order valence-corrected chi connectivity index (χ0v) is 24.5. The highest BCUT2D eigenvalue weighted by Gasteiger charge is 2.56. The number of amides is 2. The van der Waals surface area contributed by atoms with Gasteiger partial charge in [-0.25, -0.2) is 0 Å². The van der Waals surface area contributed by atoms with Crippen LogP contribution in [0.15, 0.2) is 83.0 Å². The number of rotatable bonds is 6. The van der Waals surface area contributed by atoms with Gasteiger partial charge < -0.3 is 19.5 Å². The minimum atomic E-state index is -0.654. The Labute approximate surface area is 255 Å². The molecule has 4 unspecified atom stereocenters. The van der Waals surface area contributed by atoms with E-state index in [4.69, 9.17) is 9.47 Å². The second-order valence-corrected chi connectivity index (χ2v) is 12.0. The Hall–Kier alpha value is -4.34. The van der Waals surface area contributed by atoms with Gasteiger partial charge in [0.2, 0.25) is 11.8 Å². The summed E-state index contributed by atoms with van der Waals surface area (Å²) in [6, 6.07) is 14.8. The summed E-state index contributed by atoms with van der Waals surface area (Å²) in [4.78, 5) is 58.7. The lowest BCUT2D eigenvalue weighted by molar-refractivity contribution is -0.123. The highest BCUT2D eigenvalue weighted by Crippen LogP contribution is 2.56. The van der Waals surface area contributed by atoms with Crippen molar-refractivity contribution >= 4 is 34.8 Å². The molecule has 7 rings (SSSR count). The fraction of sp³-hybridized carbons (Fsp3) is 0.371. The average molecular weight is 595 g/mol. The fourth-order valence-corrected chi connectivity index (χ4v) is 7.61. The third kappa shape index (κ3) is 4.53. The van der Waals surface area contributed by atoms with E-state index < -0.39 is 23.7 Å². The van der Waals surface area contributed by atoms with Crippen LogP contribution < -0.4 is 14.5 Å². The first-order valence-corrected chi connectivity index (χ1v) is 15.2. The van der Waals surface area contributed by atoms with Gasteiger partial charge in [-0.15, -0.1) is 0 Å². The summed E-state index contributed by atoms with van der Waals surface area (Å²) in [7, 11) is 0. The van der Waals surface area contributed by atoms with E-state index >= 15 is 0 Å². The van der Waals surface area contributed by atoms with Crippen molar-refractivity contribution in [2.24, 2.45) is 17.8 Å². The van der Waals surface area contributed by atoms with Crippen LogP contribution in [-0.4, -0.2) is 68.0 Å². The predicted molar refractivity (Wildman–Crippen MR) is 162 cm³/mol.